The number of morpholine rings is 1. The topological polar surface area (TPSA) is 74.8 Å². The summed E-state index contributed by atoms with van der Waals surface area (Å²) in [5, 5.41) is 2.84. The van der Waals surface area contributed by atoms with Crippen LogP contribution in [0.15, 0.2) is 24.5 Å². The zero-order valence-corrected chi connectivity index (χ0v) is 14.9. The Morgan fingerprint density at radius 3 is 2.44 bits per heavy atom. The number of carbonyl (C=O) groups is 2. The molecule has 0 radical (unpaired) electrons. The Hall–Kier alpha value is -2.15. The van der Waals surface area contributed by atoms with Crippen molar-refractivity contribution in [2.24, 2.45) is 5.92 Å². The molecular formula is C18H26N4O3. The number of carbonyl (C=O) groups excluding carboxylic acids is 2. The van der Waals surface area contributed by atoms with E-state index in [9.17, 15) is 9.59 Å². The Labute approximate surface area is 148 Å². The van der Waals surface area contributed by atoms with E-state index in [1.54, 1.807) is 23.4 Å². The molecule has 2 fully saturated rings. The molecule has 0 aromatic carbocycles. The van der Waals surface area contributed by atoms with Gasteiger partial charge < -0.3 is 19.9 Å². The summed E-state index contributed by atoms with van der Waals surface area (Å²) in [6, 6.07) is 3.46. The van der Waals surface area contributed by atoms with Crippen LogP contribution >= 0.6 is 0 Å². The average molecular weight is 346 g/mol. The molecule has 0 aliphatic carbocycles. The number of amides is 3. The molecule has 2 aliphatic rings. The highest BCUT2D eigenvalue weighted by atomic mass is 16.5. The molecule has 2 saturated heterocycles. The van der Waals surface area contributed by atoms with Crippen molar-refractivity contribution < 1.29 is 14.3 Å². The van der Waals surface area contributed by atoms with Gasteiger partial charge in [0.25, 0.3) is 0 Å². The summed E-state index contributed by atoms with van der Waals surface area (Å²) >= 11 is 0. The Bertz CT molecular complexity index is 592. The molecule has 7 heteroatoms. The van der Waals surface area contributed by atoms with Crippen LogP contribution in [0.4, 0.5) is 10.5 Å². The highest BCUT2D eigenvalue weighted by Crippen LogP contribution is 2.22. The molecule has 1 aromatic rings. The van der Waals surface area contributed by atoms with Gasteiger partial charge in [-0.05, 0) is 38.8 Å². The first-order valence-corrected chi connectivity index (χ1v) is 8.93. The van der Waals surface area contributed by atoms with E-state index < -0.39 is 0 Å². The van der Waals surface area contributed by atoms with Crippen LogP contribution in [0, 0.1) is 5.92 Å². The van der Waals surface area contributed by atoms with Gasteiger partial charge in [0.2, 0.25) is 5.91 Å². The van der Waals surface area contributed by atoms with Gasteiger partial charge in [-0.15, -0.1) is 0 Å². The molecule has 1 aromatic heterocycles. The zero-order chi connectivity index (χ0) is 17.8. The van der Waals surface area contributed by atoms with Crippen LogP contribution in [-0.2, 0) is 9.53 Å². The van der Waals surface area contributed by atoms with Crippen LogP contribution < -0.4 is 5.32 Å². The number of likely N-dealkylation sites (tertiary alicyclic amines) is 1. The number of hydrogen-bond donors (Lipinski definition) is 1. The van der Waals surface area contributed by atoms with Crippen LogP contribution in [0.2, 0.25) is 0 Å². The van der Waals surface area contributed by atoms with E-state index in [-0.39, 0.29) is 30.1 Å². The molecule has 25 heavy (non-hydrogen) atoms. The third-order valence-corrected chi connectivity index (χ3v) is 4.78. The highest BCUT2D eigenvalue weighted by molar-refractivity contribution is 5.89. The maximum Gasteiger partial charge on any atom is 0.321 e. The molecule has 3 amide bonds. The van der Waals surface area contributed by atoms with Gasteiger partial charge in [0.05, 0.1) is 24.1 Å². The monoisotopic (exact) mass is 346 g/mol. The van der Waals surface area contributed by atoms with E-state index in [1.807, 2.05) is 24.8 Å². The van der Waals surface area contributed by atoms with E-state index in [2.05, 4.69) is 10.3 Å². The molecule has 0 spiro atoms. The first kappa shape index (κ1) is 17.7. The summed E-state index contributed by atoms with van der Waals surface area (Å²) in [4.78, 5) is 32.7. The van der Waals surface area contributed by atoms with Gasteiger partial charge in [-0.2, -0.15) is 0 Å². The van der Waals surface area contributed by atoms with Gasteiger partial charge in [-0.3, -0.25) is 9.78 Å². The number of aromatic nitrogens is 1. The van der Waals surface area contributed by atoms with Crippen molar-refractivity contribution in [2.45, 2.75) is 38.9 Å². The van der Waals surface area contributed by atoms with Crippen LogP contribution in [0.3, 0.4) is 0 Å². The van der Waals surface area contributed by atoms with Crippen molar-refractivity contribution in [1.82, 2.24) is 14.8 Å². The van der Waals surface area contributed by atoms with E-state index in [0.717, 1.165) is 0 Å². The van der Waals surface area contributed by atoms with Crippen LogP contribution in [-0.4, -0.2) is 65.1 Å². The number of urea groups is 1. The summed E-state index contributed by atoms with van der Waals surface area (Å²) in [5.74, 6) is 0.203. The first-order valence-electron chi connectivity index (χ1n) is 8.93. The lowest BCUT2D eigenvalue weighted by molar-refractivity contribution is -0.148. The lowest BCUT2D eigenvalue weighted by atomic mass is 9.95. The van der Waals surface area contributed by atoms with Crippen molar-refractivity contribution in [1.29, 1.82) is 0 Å². The minimum absolute atomic E-state index is 0.0000537. The van der Waals surface area contributed by atoms with Gasteiger partial charge in [0, 0.05) is 38.3 Å². The normalized spacial score (nSPS) is 24.9. The van der Waals surface area contributed by atoms with Crippen LogP contribution in [0.1, 0.15) is 26.7 Å². The van der Waals surface area contributed by atoms with Crippen molar-refractivity contribution in [2.75, 3.05) is 31.5 Å². The fourth-order valence-electron chi connectivity index (χ4n) is 3.58. The number of ether oxygens (including phenoxy) is 1. The molecule has 136 valence electrons. The average Bonchev–Trinajstić information content (AvgIpc) is 2.61. The molecule has 0 unspecified atom stereocenters. The minimum Gasteiger partial charge on any atom is -0.372 e. The molecule has 2 aliphatic heterocycles. The standard InChI is InChI=1S/C18H26N4O3/c1-13-11-22(12-14(2)25-13)17(23)15-5-8-21(9-6-15)18(24)20-16-4-3-7-19-10-16/h3-4,7,10,13-15H,5-6,8-9,11-12H2,1-2H3,(H,20,24)/t13-,14+. The van der Waals surface area contributed by atoms with Crippen LogP contribution in [0.25, 0.3) is 0 Å². The second kappa shape index (κ2) is 7.82. The quantitative estimate of drug-likeness (QED) is 0.888. The summed E-state index contributed by atoms with van der Waals surface area (Å²) in [5.41, 5.74) is 0.682. The fraction of sp³-hybridized carbons (Fsp3) is 0.611. The number of anilines is 1. The highest BCUT2D eigenvalue weighted by Gasteiger charge is 2.33. The lowest BCUT2D eigenvalue weighted by Crippen LogP contribution is -2.52. The summed E-state index contributed by atoms with van der Waals surface area (Å²) in [6.07, 6.45) is 4.87. The van der Waals surface area contributed by atoms with Crippen molar-refractivity contribution in [3.8, 4) is 0 Å². The van der Waals surface area contributed by atoms with Gasteiger partial charge in [0.15, 0.2) is 0 Å². The first-order chi connectivity index (χ1) is 12.0. The minimum atomic E-state index is -0.132. The summed E-state index contributed by atoms with van der Waals surface area (Å²) < 4.78 is 5.70. The largest absolute Gasteiger partial charge is 0.372 e. The van der Waals surface area contributed by atoms with E-state index in [4.69, 9.17) is 4.74 Å². The molecule has 2 atom stereocenters. The third-order valence-electron chi connectivity index (χ3n) is 4.78. The molecule has 0 saturated carbocycles. The second-order valence-corrected chi connectivity index (χ2v) is 6.93. The Kier molecular flexibility index (Phi) is 5.53. The predicted molar refractivity (Wildman–Crippen MR) is 94.1 cm³/mol. The lowest BCUT2D eigenvalue weighted by Gasteiger charge is -2.39. The smallest absolute Gasteiger partial charge is 0.321 e. The molecule has 7 nitrogen and oxygen atoms in total. The van der Waals surface area contributed by atoms with E-state index in [0.29, 0.717) is 44.7 Å². The summed E-state index contributed by atoms with van der Waals surface area (Å²) in [6.45, 7) is 6.51. The molecule has 3 heterocycles. The maximum atomic E-state index is 12.8. The van der Waals surface area contributed by atoms with E-state index >= 15 is 0 Å². The third kappa shape index (κ3) is 4.48. The second-order valence-electron chi connectivity index (χ2n) is 6.93. The van der Waals surface area contributed by atoms with Gasteiger partial charge in [-0.1, -0.05) is 0 Å². The van der Waals surface area contributed by atoms with Crippen molar-refractivity contribution in [3.05, 3.63) is 24.5 Å². The Balaban J connectivity index is 1.49. The molecule has 3 rings (SSSR count). The Morgan fingerprint density at radius 1 is 1.16 bits per heavy atom. The number of nitrogens with one attached hydrogen (secondary N) is 1. The maximum absolute atomic E-state index is 12.8. The predicted octanol–water partition coefficient (Wildman–Crippen LogP) is 1.96. The Morgan fingerprint density at radius 2 is 1.84 bits per heavy atom. The number of pyridine rings is 1. The number of piperidine rings is 1. The molecule has 1 N–H and O–H groups in total. The van der Waals surface area contributed by atoms with Crippen molar-refractivity contribution >= 4 is 17.6 Å². The SMILES string of the molecule is C[C@@H]1CN(C(=O)C2CCN(C(=O)Nc3cccnc3)CC2)C[C@H](C)O1. The molecule has 0 bridgehead atoms. The molecular weight excluding hydrogens is 320 g/mol. The van der Waals surface area contributed by atoms with Gasteiger partial charge >= 0.3 is 6.03 Å². The van der Waals surface area contributed by atoms with E-state index in [1.165, 1.54) is 0 Å². The fourth-order valence-corrected chi connectivity index (χ4v) is 3.58. The zero-order valence-electron chi connectivity index (χ0n) is 14.9. The summed E-state index contributed by atoms with van der Waals surface area (Å²) in [7, 11) is 0. The van der Waals surface area contributed by atoms with Crippen LogP contribution in [0.5, 0.6) is 0 Å². The van der Waals surface area contributed by atoms with Gasteiger partial charge in [-0.25, -0.2) is 4.79 Å². The number of rotatable bonds is 2. The van der Waals surface area contributed by atoms with Crippen molar-refractivity contribution in [3.63, 3.8) is 0 Å². The van der Waals surface area contributed by atoms with Gasteiger partial charge in [0.1, 0.15) is 0 Å². The number of hydrogen-bond acceptors (Lipinski definition) is 4. The number of nitrogens with zero attached hydrogens (tertiary/aromatic N) is 3.